The van der Waals surface area contributed by atoms with Crippen molar-refractivity contribution >= 4 is 29.9 Å². The molecule has 0 radical (unpaired) electrons. The summed E-state index contributed by atoms with van der Waals surface area (Å²) in [7, 11) is 2.20. The Morgan fingerprint density at radius 1 is 1.27 bits per heavy atom. The topological polar surface area (TPSA) is 39.7 Å². The number of nitrogens with one attached hydrogen (secondary N) is 2. The smallest absolute Gasteiger partial charge is 0.191 e. The monoisotopic (exact) mass is 416 g/mol. The number of guanidine groups is 1. The number of rotatable bonds is 6. The average Bonchev–Trinajstić information content (AvgIpc) is 2.91. The quantitative estimate of drug-likeness (QED) is 0.425. The third-order valence-corrected chi connectivity index (χ3v) is 4.02. The van der Waals surface area contributed by atoms with Gasteiger partial charge in [0, 0.05) is 19.1 Å². The van der Waals surface area contributed by atoms with E-state index in [2.05, 4.69) is 59.8 Å². The van der Waals surface area contributed by atoms with Crippen LogP contribution >= 0.6 is 24.0 Å². The lowest BCUT2D eigenvalue weighted by atomic mass is 10.1. The Morgan fingerprint density at radius 3 is 2.68 bits per heavy atom. The standard InChI is InChI=1S/C17H28N4.HI/c1-3-18-17(20-14-16-10-7-13-21(16)2)19-12-11-15-8-5-4-6-9-15;/h4-6,8-9,16H,3,7,10-14H2,1-2H3,(H2,18,19,20);1H. The summed E-state index contributed by atoms with van der Waals surface area (Å²) in [5, 5.41) is 6.76. The van der Waals surface area contributed by atoms with Crippen LogP contribution in [0, 0.1) is 0 Å². The van der Waals surface area contributed by atoms with Gasteiger partial charge in [-0.3, -0.25) is 4.99 Å². The number of hydrogen-bond donors (Lipinski definition) is 2. The number of halogens is 1. The van der Waals surface area contributed by atoms with E-state index in [1.807, 2.05) is 0 Å². The summed E-state index contributed by atoms with van der Waals surface area (Å²) < 4.78 is 0. The van der Waals surface area contributed by atoms with Gasteiger partial charge in [0.2, 0.25) is 0 Å². The maximum Gasteiger partial charge on any atom is 0.191 e. The summed E-state index contributed by atoms with van der Waals surface area (Å²) in [5.41, 5.74) is 1.36. The summed E-state index contributed by atoms with van der Waals surface area (Å²) in [6.45, 7) is 6.01. The van der Waals surface area contributed by atoms with Gasteiger partial charge in [0.25, 0.3) is 0 Å². The maximum atomic E-state index is 4.73. The Labute approximate surface area is 151 Å². The summed E-state index contributed by atoms with van der Waals surface area (Å²) in [6, 6.07) is 11.2. The zero-order chi connectivity index (χ0) is 14.9. The Kier molecular flexibility index (Phi) is 9.47. The van der Waals surface area contributed by atoms with Crippen LogP contribution < -0.4 is 10.6 Å². The second-order valence-corrected chi connectivity index (χ2v) is 5.66. The van der Waals surface area contributed by atoms with E-state index in [0.717, 1.165) is 32.0 Å². The van der Waals surface area contributed by atoms with Gasteiger partial charge in [-0.25, -0.2) is 0 Å². The van der Waals surface area contributed by atoms with Crippen molar-refractivity contribution in [2.75, 3.05) is 33.2 Å². The van der Waals surface area contributed by atoms with Crippen LogP contribution in [0.1, 0.15) is 25.3 Å². The van der Waals surface area contributed by atoms with E-state index in [-0.39, 0.29) is 24.0 Å². The Hall–Kier alpha value is -0.820. The molecule has 22 heavy (non-hydrogen) atoms. The van der Waals surface area contributed by atoms with Gasteiger partial charge in [0.15, 0.2) is 5.96 Å². The van der Waals surface area contributed by atoms with Crippen LogP contribution in [0.2, 0.25) is 0 Å². The van der Waals surface area contributed by atoms with Crippen LogP contribution in [0.4, 0.5) is 0 Å². The third kappa shape index (κ3) is 6.52. The minimum Gasteiger partial charge on any atom is -0.357 e. The van der Waals surface area contributed by atoms with E-state index in [4.69, 9.17) is 4.99 Å². The molecule has 0 bridgehead atoms. The molecule has 0 amide bonds. The van der Waals surface area contributed by atoms with Crippen LogP contribution in [0.25, 0.3) is 0 Å². The summed E-state index contributed by atoms with van der Waals surface area (Å²) >= 11 is 0. The molecule has 1 unspecified atom stereocenters. The molecule has 4 nitrogen and oxygen atoms in total. The van der Waals surface area contributed by atoms with Crippen LogP contribution in [-0.2, 0) is 6.42 Å². The fourth-order valence-corrected chi connectivity index (χ4v) is 2.72. The van der Waals surface area contributed by atoms with Crippen molar-refractivity contribution in [3.05, 3.63) is 35.9 Å². The van der Waals surface area contributed by atoms with Crippen molar-refractivity contribution in [1.82, 2.24) is 15.5 Å². The molecule has 2 N–H and O–H groups in total. The number of likely N-dealkylation sites (tertiary alicyclic amines) is 1. The van der Waals surface area contributed by atoms with Crippen molar-refractivity contribution in [1.29, 1.82) is 0 Å². The molecule has 1 saturated heterocycles. The van der Waals surface area contributed by atoms with Gasteiger partial charge in [-0.05, 0) is 45.3 Å². The Bertz CT molecular complexity index is 436. The lowest BCUT2D eigenvalue weighted by Gasteiger charge is -2.18. The fourth-order valence-electron chi connectivity index (χ4n) is 2.72. The first kappa shape index (κ1) is 19.2. The van der Waals surface area contributed by atoms with Crippen molar-refractivity contribution < 1.29 is 0 Å². The van der Waals surface area contributed by atoms with E-state index >= 15 is 0 Å². The van der Waals surface area contributed by atoms with Gasteiger partial charge in [-0.2, -0.15) is 0 Å². The number of aliphatic imine (C=N–C) groups is 1. The average molecular weight is 416 g/mol. The first-order chi connectivity index (χ1) is 10.3. The van der Waals surface area contributed by atoms with Crippen LogP contribution in [-0.4, -0.2) is 50.1 Å². The van der Waals surface area contributed by atoms with Gasteiger partial charge in [0.05, 0.1) is 6.54 Å². The predicted octanol–water partition coefficient (Wildman–Crippen LogP) is 2.50. The number of hydrogen-bond acceptors (Lipinski definition) is 2. The fraction of sp³-hybridized carbons (Fsp3) is 0.588. The minimum absolute atomic E-state index is 0. The van der Waals surface area contributed by atoms with Gasteiger partial charge < -0.3 is 15.5 Å². The zero-order valence-corrected chi connectivity index (χ0v) is 16.0. The van der Waals surface area contributed by atoms with E-state index in [1.54, 1.807) is 0 Å². The van der Waals surface area contributed by atoms with Gasteiger partial charge in [-0.15, -0.1) is 24.0 Å². The van der Waals surface area contributed by atoms with Gasteiger partial charge in [0.1, 0.15) is 0 Å². The molecule has 1 atom stereocenters. The van der Waals surface area contributed by atoms with Crippen molar-refractivity contribution in [2.24, 2.45) is 4.99 Å². The van der Waals surface area contributed by atoms with E-state index in [1.165, 1.54) is 24.9 Å². The second kappa shape index (κ2) is 10.8. The SMILES string of the molecule is CCNC(=NCC1CCCN1C)NCCc1ccccc1.I. The molecule has 2 rings (SSSR count). The van der Waals surface area contributed by atoms with E-state index in [0.29, 0.717) is 6.04 Å². The molecule has 5 heteroatoms. The molecule has 0 aliphatic carbocycles. The molecule has 124 valence electrons. The highest BCUT2D eigenvalue weighted by Gasteiger charge is 2.20. The Morgan fingerprint density at radius 2 is 2.05 bits per heavy atom. The lowest BCUT2D eigenvalue weighted by molar-refractivity contribution is 0.317. The Balaban J connectivity index is 0.00000242. The predicted molar refractivity (Wildman–Crippen MR) is 105 cm³/mol. The minimum atomic E-state index is 0. The summed E-state index contributed by atoms with van der Waals surface area (Å²) in [6.07, 6.45) is 3.59. The normalized spacial score (nSPS) is 18.8. The van der Waals surface area contributed by atoms with Crippen molar-refractivity contribution in [3.63, 3.8) is 0 Å². The van der Waals surface area contributed by atoms with E-state index < -0.39 is 0 Å². The molecule has 0 saturated carbocycles. The lowest BCUT2D eigenvalue weighted by Crippen LogP contribution is -2.39. The molecule has 0 spiro atoms. The molecule has 0 aromatic heterocycles. The van der Waals surface area contributed by atoms with Crippen molar-refractivity contribution in [3.8, 4) is 0 Å². The molecular weight excluding hydrogens is 387 g/mol. The molecular formula is C17H29IN4. The third-order valence-electron chi connectivity index (χ3n) is 4.02. The van der Waals surface area contributed by atoms with Crippen LogP contribution in [0.15, 0.2) is 35.3 Å². The highest BCUT2D eigenvalue weighted by atomic mass is 127. The van der Waals surface area contributed by atoms with E-state index in [9.17, 15) is 0 Å². The molecule has 1 aromatic rings. The highest BCUT2D eigenvalue weighted by Crippen LogP contribution is 2.14. The van der Waals surface area contributed by atoms with Gasteiger partial charge >= 0.3 is 0 Å². The summed E-state index contributed by atoms with van der Waals surface area (Å²) in [5.74, 6) is 0.939. The first-order valence-corrected chi connectivity index (χ1v) is 8.06. The van der Waals surface area contributed by atoms with Crippen molar-refractivity contribution in [2.45, 2.75) is 32.2 Å². The first-order valence-electron chi connectivity index (χ1n) is 8.06. The second-order valence-electron chi connectivity index (χ2n) is 5.66. The number of benzene rings is 1. The molecule has 1 aromatic carbocycles. The molecule has 1 aliphatic heterocycles. The largest absolute Gasteiger partial charge is 0.357 e. The van der Waals surface area contributed by atoms with Crippen LogP contribution in [0.3, 0.4) is 0 Å². The molecule has 1 aliphatic rings. The maximum absolute atomic E-state index is 4.73. The van der Waals surface area contributed by atoms with Crippen LogP contribution in [0.5, 0.6) is 0 Å². The number of likely N-dealkylation sites (N-methyl/N-ethyl adjacent to an activating group) is 1. The molecule has 1 heterocycles. The zero-order valence-electron chi connectivity index (χ0n) is 13.7. The summed E-state index contributed by atoms with van der Waals surface area (Å²) in [4.78, 5) is 7.14. The number of nitrogens with zero attached hydrogens (tertiary/aromatic N) is 2. The van der Waals surface area contributed by atoms with Gasteiger partial charge in [-0.1, -0.05) is 30.3 Å². The molecule has 1 fully saturated rings. The highest BCUT2D eigenvalue weighted by molar-refractivity contribution is 14.0.